The van der Waals surface area contributed by atoms with Gasteiger partial charge in [-0.2, -0.15) is 0 Å². The van der Waals surface area contributed by atoms with E-state index in [1.54, 1.807) is 13.1 Å². The standard InChI is InChI=1S/C21H16N6O4S/c1-13-18(32-21(23-13)14-5-3-2-4-6-14)20(29)25-24-19(28)15-7-8-16(17(11-15)27(30)31)26-10-9-22-12-26/h2-12H,1H3,(H,24,28)(H,25,29). The maximum Gasteiger partial charge on any atom is 0.294 e. The molecule has 0 radical (unpaired) electrons. The predicted molar refractivity (Wildman–Crippen MR) is 117 cm³/mol. The SMILES string of the molecule is Cc1nc(-c2ccccc2)sc1C(=O)NNC(=O)c1ccc(-n2ccnc2)c([N+](=O)[O-])c1. The first-order valence-corrected chi connectivity index (χ1v) is 10.2. The molecule has 0 spiro atoms. The Kier molecular flexibility index (Phi) is 5.73. The first-order chi connectivity index (χ1) is 15.4. The van der Waals surface area contributed by atoms with Crippen molar-refractivity contribution in [2.75, 3.05) is 0 Å². The molecule has 4 aromatic rings. The molecule has 0 fully saturated rings. The zero-order valence-corrected chi connectivity index (χ0v) is 17.5. The number of thiazole rings is 1. The third-order valence-corrected chi connectivity index (χ3v) is 5.74. The van der Waals surface area contributed by atoms with E-state index in [9.17, 15) is 19.7 Å². The van der Waals surface area contributed by atoms with Gasteiger partial charge in [-0.25, -0.2) is 9.97 Å². The van der Waals surface area contributed by atoms with Gasteiger partial charge in [0, 0.05) is 29.6 Å². The number of hydrazine groups is 1. The maximum atomic E-state index is 12.6. The number of nitro groups is 1. The molecule has 10 nitrogen and oxygen atoms in total. The Bertz CT molecular complexity index is 1300. The van der Waals surface area contributed by atoms with Crippen LogP contribution in [-0.2, 0) is 0 Å². The van der Waals surface area contributed by atoms with Crippen molar-refractivity contribution < 1.29 is 14.5 Å². The van der Waals surface area contributed by atoms with Crippen molar-refractivity contribution in [3.8, 4) is 16.3 Å². The average molecular weight is 448 g/mol. The van der Waals surface area contributed by atoms with Crippen LogP contribution in [0.5, 0.6) is 0 Å². The molecule has 0 aliphatic rings. The van der Waals surface area contributed by atoms with Crippen molar-refractivity contribution in [1.82, 2.24) is 25.4 Å². The first-order valence-electron chi connectivity index (χ1n) is 9.34. The lowest BCUT2D eigenvalue weighted by molar-refractivity contribution is -0.384. The molecule has 2 N–H and O–H groups in total. The summed E-state index contributed by atoms with van der Waals surface area (Å²) in [6.45, 7) is 1.71. The van der Waals surface area contributed by atoms with E-state index in [-0.39, 0.29) is 16.9 Å². The van der Waals surface area contributed by atoms with Crippen molar-refractivity contribution in [2.45, 2.75) is 6.92 Å². The summed E-state index contributed by atoms with van der Waals surface area (Å²) in [5.74, 6) is -1.22. The summed E-state index contributed by atoms with van der Waals surface area (Å²) in [5.41, 5.74) is 6.06. The number of nitro benzene ring substituents is 1. The number of carbonyl (C=O) groups excluding carboxylic acids is 2. The summed E-state index contributed by atoms with van der Waals surface area (Å²) in [5, 5.41) is 12.1. The van der Waals surface area contributed by atoms with Crippen LogP contribution >= 0.6 is 11.3 Å². The minimum absolute atomic E-state index is 0.0202. The van der Waals surface area contributed by atoms with Crippen LogP contribution in [0, 0.1) is 17.0 Å². The fourth-order valence-corrected chi connectivity index (χ4v) is 3.95. The molecule has 2 heterocycles. The monoisotopic (exact) mass is 448 g/mol. The lowest BCUT2D eigenvalue weighted by Gasteiger charge is -2.08. The largest absolute Gasteiger partial charge is 0.300 e. The summed E-state index contributed by atoms with van der Waals surface area (Å²) in [6, 6.07) is 13.4. The Morgan fingerprint density at radius 1 is 1.09 bits per heavy atom. The number of rotatable bonds is 5. The first kappa shape index (κ1) is 20.9. The molecule has 2 aromatic carbocycles. The second-order valence-electron chi connectivity index (χ2n) is 6.64. The van der Waals surface area contributed by atoms with E-state index >= 15 is 0 Å². The molecular weight excluding hydrogens is 432 g/mol. The summed E-state index contributed by atoms with van der Waals surface area (Å²) >= 11 is 1.20. The second kappa shape index (κ2) is 8.78. The molecule has 2 aromatic heterocycles. The molecule has 0 bridgehead atoms. The van der Waals surface area contributed by atoms with Crippen LogP contribution in [0.1, 0.15) is 25.7 Å². The highest BCUT2D eigenvalue weighted by molar-refractivity contribution is 7.17. The van der Waals surface area contributed by atoms with Gasteiger partial charge in [0.2, 0.25) is 0 Å². The Hall–Kier alpha value is -4.38. The van der Waals surface area contributed by atoms with Gasteiger partial charge in [0.05, 0.1) is 16.9 Å². The number of aromatic nitrogens is 3. The average Bonchev–Trinajstić information content (AvgIpc) is 3.47. The molecular formula is C21H16N6O4S. The van der Waals surface area contributed by atoms with E-state index in [0.717, 1.165) is 11.6 Å². The molecule has 0 atom stereocenters. The molecule has 160 valence electrons. The van der Waals surface area contributed by atoms with Crippen molar-refractivity contribution in [3.63, 3.8) is 0 Å². The number of amides is 2. The van der Waals surface area contributed by atoms with Crippen molar-refractivity contribution >= 4 is 28.8 Å². The molecule has 32 heavy (non-hydrogen) atoms. The molecule has 2 amide bonds. The normalized spacial score (nSPS) is 10.5. The zero-order valence-electron chi connectivity index (χ0n) is 16.7. The molecule has 0 saturated heterocycles. The van der Waals surface area contributed by atoms with E-state index in [4.69, 9.17) is 0 Å². The highest BCUT2D eigenvalue weighted by Gasteiger charge is 2.20. The number of hydrogen-bond acceptors (Lipinski definition) is 7. The fourth-order valence-electron chi connectivity index (χ4n) is 2.98. The quantitative estimate of drug-likeness (QED) is 0.356. The molecule has 11 heteroatoms. The van der Waals surface area contributed by atoms with Crippen molar-refractivity contribution in [2.24, 2.45) is 0 Å². The number of benzene rings is 2. The lowest BCUT2D eigenvalue weighted by Crippen LogP contribution is -2.41. The fraction of sp³-hybridized carbons (Fsp3) is 0.0476. The Balaban J connectivity index is 1.48. The lowest BCUT2D eigenvalue weighted by atomic mass is 10.1. The summed E-state index contributed by atoms with van der Waals surface area (Å²) < 4.78 is 1.47. The van der Waals surface area contributed by atoms with E-state index in [1.165, 1.54) is 40.6 Å². The number of aryl methyl sites for hydroxylation is 1. The minimum atomic E-state index is -0.691. The van der Waals surface area contributed by atoms with Crippen LogP contribution in [-0.4, -0.2) is 31.3 Å². The summed E-state index contributed by atoms with van der Waals surface area (Å²) in [4.78, 5) is 44.6. The van der Waals surface area contributed by atoms with E-state index in [2.05, 4.69) is 20.8 Å². The van der Waals surface area contributed by atoms with Gasteiger partial charge in [-0.15, -0.1) is 11.3 Å². The summed E-state index contributed by atoms with van der Waals surface area (Å²) in [6.07, 6.45) is 4.47. The second-order valence-corrected chi connectivity index (χ2v) is 7.64. The Labute approximate surface area is 185 Å². The van der Waals surface area contributed by atoms with E-state index in [0.29, 0.717) is 15.6 Å². The smallest absolute Gasteiger partial charge is 0.294 e. The van der Waals surface area contributed by atoms with Crippen LogP contribution < -0.4 is 10.9 Å². The van der Waals surface area contributed by atoms with Gasteiger partial charge in [0.15, 0.2) is 0 Å². The topological polar surface area (TPSA) is 132 Å². The van der Waals surface area contributed by atoms with Crippen LogP contribution in [0.4, 0.5) is 5.69 Å². The highest BCUT2D eigenvalue weighted by Crippen LogP contribution is 2.27. The number of carbonyl (C=O) groups is 2. The number of hydrogen-bond donors (Lipinski definition) is 2. The van der Waals surface area contributed by atoms with Gasteiger partial charge in [-0.1, -0.05) is 30.3 Å². The molecule has 0 unspecified atom stereocenters. The molecule has 4 rings (SSSR count). The maximum absolute atomic E-state index is 12.6. The van der Waals surface area contributed by atoms with Crippen molar-refractivity contribution in [3.05, 3.63) is 93.5 Å². The third-order valence-electron chi connectivity index (χ3n) is 4.53. The van der Waals surface area contributed by atoms with Gasteiger partial charge < -0.3 is 4.57 Å². The van der Waals surface area contributed by atoms with E-state index < -0.39 is 16.7 Å². The predicted octanol–water partition coefficient (Wildman–Crippen LogP) is 3.29. The molecule has 0 aliphatic carbocycles. The number of nitrogens with zero attached hydrogens (tertiary/aromatic N) is 4. The van der Waals surface area contributed by atoms with Crippen LogP contribution in [0.25, 0.3) is 16.3 Å². The minimum Gasteiger partial charge on any atom is -0.300 e. The van der Waals surface area contributed by atoms with Gasteiger partial charge in [-0.05, 0) is 19.1 Å². The Morgan fingerprint density at radius 3 is 2.53 bits per heavy atom. The molecule has 0 saturated carbocycles. The Morgan fingerprint density at radius 2 is 1.84 bits per heavy atom. The molecule has 0 aliphatic heterocycles. The number of imidazole rings is 1. The van der Waals surface area contributed by atoms with Crippen molar-refractivity contribution in [1.29, 1.82) is 0 Å². The van der Waals surface area contributed by atoms with Crippen LogP contribution in [0.2, 0.25) is 0 Å². The van der Waals surface area contributed by atoms with E-state index in [1.807, 2.05) is 30.3 Å². The third kappa shape index (κ3) is 4.23. The summed E-state index contributed by atoms with van der Waals surface area (Å²) in [7, 11) is 0. The van der Waals surface area contributed by atoms with Crippen LogP contribution in [0.15, 0.2) is 67.3 Å². The van der Waals surface area contributed by atoms with Gasteiger partial charge in [-0.3, -0.25) is 30.6 Å². The van der Waals surface area contributed by atoms with Gasteiger partial charge in [0.25, 0.3) is 17.5 Å². The van der Waals surface area contributed by atoms with Gasteiger partial charge >= 0.3 is 0 Å². The highest BCUT2D eigenvalue weighted by atomic mass is 32.1. The van der Waals surface area contributed by atoms with Gasteiger partial charge in [0.1, 0.15) is 15.6 Å². The van der Waals surface area contributed by atoms with Crippen LogP contribution in [0.3, 0.4) is 0 Å². The zero-order chi connectivity index (χ0) is 22.7. The number of nitrogens with one attached hydrogen (secondary N) is 2.